The third-order valence-corrected chi connectivity index (χ3v) is 7.22. The van der Waals surface area contributed by atoms with Gasteiger partial charge in [0.2, 0.25) is 5.91 Å². The number of pyridine rings is 1. The molecule has 0 radical (unpaired) electrons. The van der Waals surface area contributed by atoms with Gasteiger partial charge in [0.15, 0.2) is 6.10 Å². The quantitative estimate of drug-likeness (QED) is 0.371. The highest BCUT2D eigenvalue weighted by atomic mass is 16.6. The van der Waals surface area contributed by atoms with Crippen molar-refractivity contribution >= 4 is 17.6 Å². The second-order valence-electron chi connectivity index (χ2n) is 11.2. The van der Waals surface area contributed by atoms with Gasteiger partial charge in [0.05, 0.1) is 31.6 Å². The average molecular weight is 529 g/mol. The molecule has 0 fully saturated rings. The molecule has 3 heterocycles. The van der Waals surface area contributed by atoms with Crippen LogP contribution in [0, 0.1) is 6.92 Å². The van der Waals surface area contributed by atoms with E-state index in [-0.39, 0.29) is 5.91 Å². The van der Waals surface area contributed by atoms with E-state index in [0.717, 1.165) is 70.0 Å². The first-order chi connectivity index (χ1) is 18.7. The number of ether oxygens (including phenoxy) is 3. The van der Waals surface area contributed by atoms with Crippen LogP contribution in [0.3, 0.4) is 0 Å². The number of nitrogens with zero attached hydrogens (tertiary/aromatic N) is 2. The monoisotopic (exact) mass is 528 g/mol. The highest BCUT2D eigenvalue weighted by Gasteiger charge is 2.37. The van der Waals surface area contributed by atoms with Crippen molar-refractivity contribution in [3.63, 3.8) is 0 Å². The van der Waals surface area contributed by atoms with Gasteiger partial charge in [-0.15, -0.1) is 0 Å². The Morgan fingerprint density at radius 3 is 2.67 bits per heavy atom. The van der Waals surface area contributed by atoms with E-state index in [1.807, 2.05) is 58.0 Å². The first-order valence-corrected chi connectivity index (χ1v) is 13.5. The Balaban J connectivity index is 1.74. The van der Waals surface area contributed by atoms with Gasteiger partial charge in [0.1, 0.15) is 5.75 Å². The fraction of sp³-hybridized carbons (Fsp3) is 0.406. The fourth-order valence-corrected chi connectivity index (χ4v) is 5.57. The van der Waals surface area contributed by atoms with Crippen molar-refractivity contribution in [2.75, 3.05) is 18.6 Å². The first-order valence-electron chi connectivity index (χ1n) is 13.5. The number of aryl methyl sites for hydroxylation is 2. The number of esters is 1. The third-order valence-electron chi connectivity index (χ3n) is 7.22. The van der Waals surface area contributed by atoms with Crippen molar-refractivity contribution in [1.29, 1.82) is 0 Å². The Kier molecular flexibility index (Phi) is 7.45. The highest BCUT2D eigenvalue weighted by molar-refractivity contribution is 5.98. The smallest absolute Gasteiger partial charge is 0.339 e. The Bertz CT molecular complexity index is 1390. The van der Waals surface area contributed by atoms with E-state index in [1.165, 1.54) is 7.11 Å². The van der Waals surface area contributed by atoms with Gasteiger partial charge in [0.25, 0.3) is 0 Å². The van der Waals surface area contributed by atoms with E-state index < -0.39 is 17.7 Å². The van der Waals surface area contributed by atoms with Crippen LogP contribution in [-0.2, 0) is 38.4 Å². The van der Waals surface area contributed by atoms with Crippen LogP contribution in [0.5, 0.6) is 5.75 Å². The van der Waals surface area contributed by atoms with Gasteiger partial charge in [0, 0.05) is 23.9 Å². The maximum absolute atomic E-state index is 13.4. The lowest BCUT2D eigenvalue weighted by molar-refractivity contribution is -0.164. The van der Waals surface area contributed by atoms with E-state index in [2.05, 4.69) is 17.1 Å². The Labute approximate surface area is 230 Å². The molecule has 0 N–H and O–H groups in total. The number of rotatable bonds is 6. The molecular weight excluding hydrogens is 492 g/mol. The largest absolute Gasteiger partial charge is 0.493 e. The van der Waals surface area contributed by atoms with Crippen molar-refractivity contribution in [1.82, 2.24) is 4.98 Å². The zero-order chi connectivity index (χ0) is 27.7. The standard InChI is InChI=1S/C32H36N2O5/c1-20-17-25-24(12-14-27(35)34(25)19-23-10-6-7-15-33-23)29(30(31(36)37-5)39-32(2,3)4)28(20)22-11-13-26-21(18-22)9-8-16-38-26/h6-7,10-11,13,15,17-18,30H,8-9,12,14,16,19H2,1-5H3. The summed E-state index contributed by atoms with van der Waals surface area (Å²) in [6.45, 7) is 8.88. The normalized spacial score (nSPS) is 15.7. The molecule has 2 aliphatic heterocycles. The summed E-state index contributed by atoms with van der Waals surface area (Å²) in [4.78, 5) is 32.9. The number of hydrogen-bond acceptors (Lipinski definition) is 6. The summed E-state index contributed by atoms with van der Waals surface area (Å²) < 4.78 is 17.6. The van der Waals surface area contributed by atoms with Crippen LogP contribution in [0.25, 0.3) is 11.1 Å². The predicted molar refractivity (Wildman–Crippen MR) is 150 cm³/mol. The summed E-state index contributed by atoms with van der Waals surface area (Å²) in [5.41, 5.74) is 6.71. The molecule has 5 rings (SSSR count). The van der Waals surface area contributed by atoms with E-state index in [4.69, 9.17) is 14.2 Å². The molecule has 1 amide bonds. The topological polar surface area (TPSA) is 78.0 Å². The molecule has 1 atom stereocenters. The van der Waals surface area contributed by atoms with Gasteiger partial charge < -0.3 is 19.1 Å². The van der Waals surface area contributed by atoms with Crippen LogP contribution in [0.2, 0.25) is 0 Å². The average Bonchev–Trinajstić information content (AvgIpc) is 2.92. The molecule has 204 valence electrons. The molecule has 1 unspecified atom stereocenters. The summed E-state index contributed by atoms with van der Waals surface area (Å²) in [6.07, 6.45) is 3.51. The lowest BCUT2D eigenvalue weighted by Gasteiger charge is -2.35. The molecule has 2 aliphatic rings. The van der Waals surface area contributed by atoms with Gasteiger partial charge in [-0.25, -0.2) is 4.79 Å². The third kappa shape index (κ3) is 5.55. The number of anilines is 1. The second-order valence-corrected chi connectivity index (χ2v) is 11.2. The Morgan fingerprint density at radius 1 is 1.13 bits per heavy atom. The molecule has 2 aromatic carbocycles. The Hall–Kier alpha value is -3.71. The van der Waals surface area contributed by atoms with Crippen LogP contribution in [-0.4, -0.2) is 36.2 Å². The molecular formula is C32H36N2O5. The number of amides is 1. The Morgan fingerprint density at radius 2 is 1.95 bits per heavy atom. The SMILES string of the molecule is COC(=O)C(OC(C)(C)C)c1c2c(cc(C)c1-c1ccc3c(c1)CCCO3)N(Cc1ccccn1)C(=O)CC2. The number of benzene rings is 2. The van der Waals surface area contributed by atoms with Gasteiger partial charge in [-0.1, -0.05) is 12.1 Å². The lowest BCUT2D eigenvalue weighted by Crippen LogP contribution is -2.37. The van der Waals surface area contributed by atoms with Gasteiger partial charge in [-0.3, -0.25) is 9.78 Å². The first kappa shape index (κ1) is 26.9. The number of methoxy groups -OCH3 is 1. The van der Waals surface area contributed by atoms with Crippen LogP contribution in [0.1, 0.15) is 67.7 Å². The molecule has 1 aromatic heterocycles. The predicted octanol–water partition coefficient (Wildman–Crippen LogP) is 5.89. The highest BCUT2D eigenvalue weighted by Crippen LogP contribution is 2.45. The van der Waals surface area contributed by atoms with Gasteiger partial charge >= 0.3 is 5.97 Å². The molecule has 3 aromatic rings. The van der Waals surface area contributed by atoms with E-state index in [9.17, 15) is 9.59 Å². The van der Waals surface area contributed by atoms with Crippen molar-refractivity contribution < 1.29 is 23.8 Å². The minimum absolute atomic E-state index is 0.0311. The van der Waals surface area contributed by atoms with Crippen molar-refractivity contribution in [2.45, 2.75) is 71.6 Å². The van der Waals surface area contributed by atoms with E-state index in [1.54, 1.807) is 11.1 Å². The minimum atomic E-state index is -0.962. The van der Waals surface area contributed by atoms with Gasteiger partial charge in [-0.2, -0.15) is 0 Å². The number of aromatic nitrogens is 1. The summed E-state index contributed by atoms with van der Waals surface area (Å²) in [5.74, 6) is 0.474. The zero-order valence-electron chi connectivity index (χ0n) is 23.4. The van der Waals surface area contributed by atoms with Crippen LogP contribution in [0.4, 0.5) is 5.69 Å². The van der Waals surface area contributed by atoms with Crippen molar-refractivity contribution in [2.24, 2.45) is 0 Å². The number of hydrogen-bond donors (Lipinski definition) is 0. The maximum atomic E-state index is 13.4. The maximum Gasteiger partial charge on any atom is 0.339 e. The zero-order valence-corrected chi connectivity index (χ0v) is 23.4. The molecule has 7 nitrogen and oxygen atoms in total. The number of carbonyl (C=O) groups is 2. The fourth-order valence-electron chi connectivity index (χ4n) is 5.57. The number of fused-ring (bicyclic) bond motifs is 2. The van der Waals surface area contributed by atoms with Crippen LogP contribution in [0.15, 0.2) is 48.7 Å². The minimum Gasteiger partial charge on any atom is -0.493 e. The van der Waals surface area contributed by atoms with E-state index >= 15 is 0 Å². The van der Waals surface area contributed by atoms with Crippen molar-refractivity contribution in [3.05, 3.63) is 76.6 Å². The van der Waals surface area contributed by atoms with Gasteiger partial charge in [-0.05, 0) is 105 Å². The number of carbonyl (C=O) groups excluding carboxylic acids is 2. The molecule has 39 heavy (non-hydrogen) atoms. The molecule has 0 bridgehead atoms. The molecule has 0 spiro atoms. The summed E-state index contributed by atoms with van der Waals surface area (Å²) in [7, 11) is 1.39. The summed E-state index contributed by atoms with van der Waals surface area (Å²) >= 11 is 0. The van der Waals surface area contributed by atoms with Crippen LogP contribution < -0.4 is 9.64 Å². The molecule has 0 saturated carbocycles. The lowest BCUT2D eigenvalue weighted by atomic mass is 9.83. The van der Waals surface area contributed by atoms with Crippen LogP contribution >= 0.6 is 0 Å². The summed E-state index contributed by atoms with van der Waals surface area (Å²) in [6, 6.07) is 14.0. The molecule has 0 saturated heterocycles. The second kappa shape index (κ2) is 10.8. The molecule has 7 heteroatoms. The van der Waals surface area contributed by atoms with Crippen molar-refractivity contribution in [3.8, 4) is 16.9 Å². The summed E-state index contributed by atoms with van der Waals surface area (Å²) in [5, 5.41) is 0. The molecule has 0 aliphatic carbocycles. The van der Waals surface area contributed by atoms with E-state index in [0.29, 0.717) is 19.4 Å².